The number of carbonyl (C=O) groups excluding carboxylic acids is 1. The SMILES string of the molecule is O=C(c1cccc(Br)c1)c1c(-c2ccccc2)c2cc(Br)ccc2oc1=O. The van der Waals surface area contributed by atoms with Crippen LogP contribution in [-0.4, -0.2) is 5.78 Å². The van der Waals surface area contributed by atoms with Gasteiger partial charge in [-0.2, -0.15) is 0 Å². The number of ketones is 1. The predicted molar refractivity (Wildman–Crippen MR) is 113 cm³/mol. The van der Waals surface area contributed by atoms with Gasteiger partial charge in [0.2, 0.25) is 5.78 Å². The minimum atomic E-state index is -0.645. The minimum Gasteiger partial charge on any atom is -0.422 e. The van der Waals surface area contributed by atoms with Crippen molar-refractivity contribution in [1.82, 2.24) is 0 Å². The second-order valence-corrected chi connectivity index (χ2v) is 7.82. The highest BCUT2D eigenvalue weighted by atomic mass is 79.9. The summed E-state index contributed by atoms with van der Waals surface area (Å²) in [6.45, 7) is 0. The van der Waals surface area contributed by atoms with Gasteiger partial charge in [0.25, 0.3) is 0 Å². The molecule has 0 aliphatic carbocycles. The van der Waals surface area contributed by atoms with Crippen molar-refractivity contribution in [2.24, 2.45) is 0 Å². The molecule has 4 rings (SSSR count). The van der Waals surface area contributed by atoms with Gasteiger partial charge in [-0.25, -0.2) is 4.79 Å². The number of benzene rings is 3. The van der Waals surface area contributed by atoms with E-state index in [-0.39, 0.29) is 11.3 Å². The van der Waals surface area contributed by atoms with E-state index >= 15 is 0 Å². The molecule has 0 spiro atoms. The first-order chi connectivity index (χ1) is 13.0. The van der Waals surface area contributed by atoms with Crippen molar-refractivity contribution in [2.75, 3.05) is 0 Å². The van der Waals surface area contributed by atoms with Gasteiger partial charge in [-0.3, -0.25) is 4.79 Å². The number of hydrogen-bond donors (Lipinski definition) is 0. The van der Waals surface area contributed by atoms with E-state index in [1.807, 2.05) is 42.5 Å². The molecule has 0 N–H and O–H groups in total. The van der Waals surface area contributed by atoms with Gasteiger partial charge in [0.15, 0.2) is 0 Å². The Morgan fingerprint density at radius 2 is 1.56 bits per heavy atom. The van der Waals surface area contributed by atoms with Crippen molar-refractivity contribution in [3.8, 4) is 11.1 Å². The van der Waals surface area contributed by atoms with Gasteiger partial charge in [0.1, 0.15) is 11.1 Å². The van der Waals surface area contributed by atoms with Crippen molar-refractivity contribution < 1.29 is 9.21 Å². The Morgan fingerprint density at radius 1 is 0.815 bits per heavy atom. The Hall–Kier alpha value is -2.50. The number of halogens is 2. The lowest BCUT2D eigenvalue weighted by Crippen LogP contribution is -2.17. The number of rotatable bonds is 3. The van der Waals surface area contributed by atoms with Gasteiger partial charge in [-0.1, -0.05) is 74.3 Å². The molecule has 0 radical (unpaired) electrons. The van der Waals surface area contributed by atoms with Crippen LogP contribution in [0, 0.1) is 0 Å². The molecule has 0 saturated carbocycles. The normalized spacial score (nSPS) is 10.9. The van der Waals surface area contributed by atoms with Crippen LogP contribution < -0.4 is 5.63 Å². The number of fused-ring (bicyclic) bond motifs is 1. The minimum absolute atomic E-state index is 0.0323. The van der Waals surface area contributed by atoms with Crippen molar-refractivity contribution in [1.29, 1.82) is 0 Å². The second kappa shape index (κ2) is 7.25. The quantitative estimate of drug-likeness (QED) is 0.257. The smallest absolute Gasteiger partial charge is 0.348 e. The van der Waals surface area contributed by atoms with E-state index < -0.39 is 5.63 Å². The van der Waals surface area contributed by atoms with Gasteiger partial charge >= 0.3 is 5.63 Å². The molecule has 0 aliphatic heterocycles. The summed E-state index contributed by atoms with van der Waals surface area (Å²) in [5.74, 6) is -0.370. The average Bonchev–Trinajstić information content (AvgIpc) is 2.67. The third-order valence-electron chi connectivity index (χ3n) is 4.24. The first-order valence-electron chi connectivity index (χ1n) is 8.16. The zero-order valence-electron chi connectivity index (χ0n) is 13.9. The summed E-state index contributed by atoms with van der Waals surface area (Å²) in [6.07, 6.45) is 0. The third kappa shape index (κ3) is 3.40. The summed E-state index contributed by atoms with van der Waals surface area (Å²) in [7, 11) is 0. The second-order valence-electron chi connectivity index (χ2n) is 5.99. The molecule has 27 heavy (non-hydrogen) atoms. The Balaban J connectivity index is 2.09. The molecule has 4 aromatic rings. The van der Waals surface area contributed by atoms with Crippen LogP contribution in [0.3, 0.4) is 0 Å². The standard InChI is InChI=1S/C22H12Br2O3/c23-15-8-4-7-14(11-15)21(25)20-19(13-5-2-1-3-6-13)17-12-16(24)9-10-18(17)27-22(20)26/h1-12H. The Bertz CT molecular complexity index is 1230. The van der Waals surface area contributed by atoms with E-state index in [0.717, 1.165) is 14.5 Å². The van der Waals surface area contributed by atoms with Crippen molar-refractivity contribution >= 4 is 48.6 Å². The van der Waals surface area contributed by atoms with E-state index in [4.69, 9.17) is 4.42 Å². The van der Waals surface area contributed by atoms with Crippen LogP contribution in [0.15, 0.2) is 91.0 Å². The summed E-state index contributed by atoms with van der Waals surface area (Å²) in [4.78, 5) is 26.1. The van der Waals surface area contributed by atoms with E-state index in [1.54, 1.807) is 30.3 Å². The van der Waals surface area contributed by atoms with E-state index in [2.05, 4.69) is 31.9 Å². The molecule has 0 amide bonds. The Morgan fingerprint density at radius 3 is 2.30 bits per heavy atom. The first kappa shape index (κ1) is 17.9. The van der Waals surface area contributed by atoms with Crippen LogP contribution in [0.25, 0.3) is 22.1 Å². The maximum absolute atomic E-state index is 13.2. The average molecular weight is 484 g/mol. The Kier molecular flexibility index (Phi) is 4.81. The maximum atomic E-state index is 13.2. The molecule has 0 saturated heterocycles. The van der Waals surface area contributed by atoms with Crippen molar-refractivity contribution in [3.63, 3.8) is 0 Å². The maximum Gasteiger partial charge on any atom is 0.348 e. The topological polar surface area (TPSA) is 47.3 Å². The number of carbonyl (C=O) groups is 1. The molecular weight excluding hydrogens is 472 g/mol. The molecule has 0 aliphatic rings. The fourth-order valence-corrected chi connectivity index (χ4v) is 3.82. The van der Waals surface area contributed by atoms with Crippen LogP contribution in [0.5, 0.6) is 0 Å². The van der Waals surface area contributed by atoms with Gasteiger partial charge in [0, 0.05) is 25.5 Å². The molecule has 0 unspecified atom stereocenters. The highest BCUT2D eigenvalue weighted by molar-refractivity contribution is 9.10. The zero-order chi connectivity index (χ0) is 19.0. The number of hydrogen-bond acceptors (Lipinski definition) is 3. The molecule has 1 heterocycles. The van der Waals surface area contributed by atoms with Gasteiger partial charge < -0.3 is 4.42 Å². The summed E-state index contributed by atoms with van der Waals surface area (Å²) in [6, 6.07) is 21.8. The lowest BCUT2D eigenvalue weighted by molar-refractivity contribution is 0.103. The van der Waals surface area contributed by atoms with Gasteiger partial charge in [-0.05, 0) is 35.9 Å². The summed E-state index contributed by atoms with van der Waals surface area (Å²) in [5.41, 5.74) is 1.61. The van der Waals surface area contributed by atoms with Gasteiger partial charge in [0.05, 0.1) is 0 Å². The van der Waals surface area contributed by atoms with Gasteiger partial charge in [-0.15, -0.1) is 0 Å². The Labute approximate surface area is 171 Å². The van der Waals surface area contributed by atoms with Crippen LogP contribution in [-0.2, 0) is 0 Å². The molecule has 0 bridgehead atoms. The highest BCUT2D eigenvalue weighted by Crippen LogP contribution is 2.33. The van der Waals surface area contributed by atoms with Crippen LogP contribution in [0.2, 0.25) is 0 Å². The van der Waals surface area contributed by atoms with E-state index in [9.17, 15) is 9.59 Å². The molecule has 0 atom stereocenters. The van der Waals surface area contributed by atoms with E-state index in [0.29, 0.717) is 22.1 Å². The summed E-state index contributed by atoms with van der Waals surface area (Å²) in [5, 5.41) is 0.702. The summed E-state index contributed by atoms with van der Waals surface area (Å²) >= 11 is 6.84. The molecule has 1 aromatic heterocycles. The third-order valence-corrected chi connectivity index (χ3v) is 5.23. The van der Waals surface area contributed by atoms with E-state index in [1.165, 1.54) is 0 Å². The summed E-state index contributed by atoms with van der Waals surface area (Å²) < 4.78 is 7.08. The molecule has 3 nitrogen and oxygen atoms in total. The molecule has 5 heteroatoms. The molecular formula is C22H12Br2O3. The zero-order valence-corrected chi connectivity index (χ0v) is 17.1. The van der Waals surface area contributed by atoms with Crippen LogP contribution in [0.4, 0.5) is 0 Å². The largest absolute Gasteiger partial charge is 0.422 e. The van der Waals surface area contributed by atoms with Crippen molar-refractivity contribution in [2.45, 2.75) is 0 Å². The molecule has 132 valence electrons. The molecule has 0 fully saturated rings. The fraction of sp³-hybridized carbons (Fsp3) is 0. The monoisotopic (exact) mass is 482 g/mol. The van der Waals surface area contributed by atoms with Crippen LogP contribution in [0.1, 0.15) is 15.9 Å². The first-order valence-corrected chi connectivity index (χ1v) is 9.75. The highest BCUT2D eigenvalue weighted by Gasteiger charge is 2.23. The lowest BCUT2D eigenvalue weighted by atomic mass is 9.92. The van der Waals surface area contributed by atoms with Crippen molar-refractivity contribution in [3.05, 3.63) is 103 Å². The predicted octanol–water partition coefficient (Wildman–Crippen LogP) is 6.22. The fourth-order valence-electron chi connectivity index (χ4n) is 3.06. The molecule has 3 aromatic carbocycles. The van der Waals surface area contributed by atoms with Crippen LogP contribution >= 0.6 is 31.9 Å². The lowest BCUT2D eigenvalue weighted by Gasteiger charge is -2.12.